The van der Waals surface area contributed by atoms with Crippen molar-refractivity contribution in [3.05, 3.63) is 17.0 Å². The predicted molar refractivity (Wildman–Crippen MR) is 50.0 cm³/mol. The fraction of sp³-hybridized carbons (Fsp3) is 0.286. The molecule has 1 aromatic rings. The third-order valence-corrected chi connectivity index (χ3v) is 3.06. The van der Waals surface area contributed by atoms with Gasteiger partial charge in [0.1, 0.15) is 0 Å². The van der Waals surface area contributed by atoms with Crippen LogP contribution in [0.3, 0.4) is 0 Å². The van der Waals surface area contributed by atoms with E-state index in [0.29, 0.717) is 5.06 Å². The first-order valence-electron chi connectivity index (χ1n) is 3.16. The minimum atomic E-state index is -0.682. The Morgan fingerprint density at radius 3 is 2.92 bits per heavy atom. The molecule has 0 aliphatic rings. The molecule has 12 heavy (non-hydrogen) atoms. The van der Waals surface area contributed by atoms with Crippen molar-refractivity contribution < 1.29 is 14.3 Å². The Morgan fingerprint density at radius 1 is 1.67 bits per heavy atom. The lowest BCUT2D eigenvalue weighted by molar-refractivity contribution is 0.123. The third-order valence-electron chi connectivity index (χ3n) is 1.12. The smallest absolute Gasteiger partial charge is 0.437 e. The van der Waals surface area contributed by atoms with Gasteiger partial charge in [-0.2, -0.15) is 0 Å². The summed E-state index contributed by atoms with van der Waals surface area (Å²) < 4.78 is 9.11. The summed E-state index contributed by atoms with van der Waals surface area (Å²) in [4.78, 5) is 11.7. The summed E-state index contributed by atoms with van der Waals surface area (Å²) in [7, 11) is 1.28. The molecule has 0 radical (unpaired) electrons. The number of carbonyl (C=O) groups is 1. The first kappa shape index (κ1) is 9.54. The normalized spacial score (nSPS) is 9.50. The van der Waals surface area contributed by atoms with Crippen LogP contribution in [0, 0.1) is 0 Å². The van der Waals surface area contributed by atoms with E-state index < -0.39 is 6.16 Å². The van der Waals surface area contributed by atoms with Crippen molar-refractivity contribution in [2.45, 2.75) is 5.33 Å². The van der Waals surface area contributed by atoms with Crippen LogP contribution in [-0.2, 0) is 10.1 Å². The highest BCUT2D eigenvalue weighted by molar-refractivity contribution is 9.08. The second-order valence-electron chi connectivity index (χ2n) is 1.91. The number of rotatable bonds is 2. The van der Waals surface area contributed by atoms with Gasteiger partial charge in [0.25, 0.3) is 0 Å². The minimum absolute atomic E-state index is 0.552. The fourth-order valence-corrected chi connectivity index (χ4v) is 1.83. The molecular weight excluding hydrogens is 244 g/mol. The van der Waals surface area contributed by atoms with Crippen molar-refractivity contribution in [2.24, 2.45) is 0 Å². The Labute approximate surface area is 82.4 Å². The Kier molecular flexibility index (Phi) is 3.55. The monoisotopic (exact) mass is 250 g/mol. The lowest BCUT2D eigenvalue weighted by atomic mass is 10.5. The number of thiophene rings is 1. The molecule has 0 amide bonds. The molecule has 0 aliphatic carbocycles. The van der Waals surface area contributed by atoms with Crippen LogP contribution in [0.5, 0.6) is 5.06 Å². The van der Waals surface area contributed by atoms with Gasteiger partial charge in [-0.3, -0.25) is 0 Å². The first-order valence-corrected chi connectivity index (χ1v) is 5.10. The molecule has 66 valence electrons. The Hall–Kier alpha value is -0.550. The lowest BCUT2D eigenvalue weighted by Gasteiger charge is -1.96. The van der Waals surface area contributed by atoms with Crippen LogP contribution in [-0.4, -0.2) is 13.3 Å². The van der Waals surface area contributed by atoms with Crippen molar-refractivity contribution >= 4 is 33.4 Å². The molecule has 3 nitrogen and oxygen atoms in total. The Morgan fingerprint density at radius 2 is 2.42 bits per heavy atom. The Balaban J connectivity index is 2.58. The molecule has 0 saturated heterocycles. The van der Waals surface area contributed by atoms with Gasteiger partial charge in [-0.15, -0.1) is 11.3 Å². The second-order valence-corrected chi connectivity index (χ2v) is 3.60. The van der Waals surface area contributed by atoms with E-state index in [1.165, 1.54) is 18.4 Å². The van der Waals surface area contributed by atoms with Gasteiger partial charge >= 0.3 is 6.16 Å². The van der Waals surface area contributed by atoms with E-state index in [-0.39, 0.29) is 0 Å². The molecule has 0 atom stereocenters. The fourth-order valence-electron chi connectivity index (χ4n) is 0.609. The number of carbonyl (C=O) groups excluding carboxylic acids is 1. The van der Waals surface area contributed by atoms with E-state index in [1.807, 2.05) is 6.07 Å². The lowest BCUT2D eigenvalue weighted by Crippen LogP contribution is -2.05. The largest absolute Gasteiger partial charge is 0.514 e. The maximum atomic E-state index is 10.6. The maximum absolute atomic E-state index is 10.6. The van der Waals surface area contributed by atoms with Crippen molar-refractivity contribution in [2.75, 3.05) is 7.11 Å². The number of methoxy groups -OCH3 is 1. The standard InChI is InChI=1S/C7H7BrO3S/c1-10-7(9)11-6-3-2-5(4-8)12-6/h2-3H,4H2,1H3. The summed E-state index contributed by atoms with van der Waals surface area (Å²) in [6.45, 7) is 0. The molecule has 1 heterocycles. The SMILES string of the molecule is COC(=O)Oc1ccc(CBr)s1. The minimum Gasteiger partial charge on any atom is -0.437 e. The van der Waals surface area contributed by atoms with Crippen LogP contribution in [0.2, 0.25) is 0 Å². The summed E-state index contributed by atoms with van der Waals surface area (Å²) in [5.41, 5.74) is 0. The summed E-state index contributed by atoms with van der Waals surface area (Å²) in [6.07, 6.45) is -0.682. The van der Waals surface area contributed by atoms with E-state index >= 15 is 0 Å². The zero-order valence-electron chi connectivity index (χ0n) is 6.37. The maximum Gasteiger partial charge on any atom is 0.514 e. The van der Waals surface area contributed by atoms with Crippen molar-refractivity contribution in [3.8, 4) is 5.06 Å². The highest BCUT2D eigenvalue weighted by Gasteiger charge is 2.05. The third kappa shape index (κ3) is 2.49. The van der Waals surface area contributed by atoms with E-state index in [0.717, 1.165) is 10.2 Å². The van der Waals surface area contributed by atoms with Gasteiger partial charge in [0, 0.05) is 10.2 Å². The highest BCUT2D eigenvalue weighted by Crippen LogP contribution is 2.26. The van der Waals surface area contributed by atoms with Crippen LogP contribution in [0.4, 0.5) is 4.79 Å². The number of hydrogen-bond donors (Lipinski definition) is 0. The predicted octanol–water partition coefficient (Wildman–Crippen LogP) is 2.79. The van der Waals surface area contributed by atoms with Gasteiger partial charge in [0.2, 0.25) is 0 Å². The molecule has 0 bridgehead atoms. The summed E-state index contributed by atoms with van der Waals surface area (Å²) >= 11 is 4.70. The highest BCUT2D eigenvalue weighted by atomic mass is 79.9. The molecule has 5 heteroatoms. The molecule has 0 spiro atoms. The molecule has 0 aliphatic heterocycles. The number of halogens is 1. The summed E-state index contributed by atoms with van der Waals surface area (Å²) in [5, 5.41) is 1.32. The van der Waals surface area contributed by atoms with Crippen molar-refractivity contribution in [3.63, 3.8) is 0 Å². The molecule has 1 aromatic heterocycles. The molecule has 0 aromatic carbocycles. The molecule has 1 rings (SSSR count). The molecule has 0 saturated carbocycles. The summed E-state index contributed by atoms with van der Waals surface area (Å²) in [6, 6.07) is 3.62. The van der Waals surface area contributed by atoms with Gasteiger partial charge in [-0.05, 0) is 12.1 Å². The van der Waals surface area contributed by atoms with Crippen LogP contribution in [0.25, 0.3) is 0 Å². The van der Waals surface area contributed by atoms with E-state index in [2.05, 4.69) is 20.7 Å². The van der Waals surface area contributed by atoms with Crippen LogP contribution >= 0.6 is 27.3 Å². The van der Waals surface area contributed by atoms with Gasteiger partial charge < -0.3 is 9.47 Å². The van der Waals surface area contributed by atoms with Crippen LogP contribution < -0.4 is 4.74 Å². The van der Waals surface area contributed by atoms with Crippen LogP contribution in [0.1, 0.15) is 4.88 Å². The van der Waals surface area contributed by atoms with E-state index in [4.69, 9.17) is 4.74 Å². The molecular formula is C7H7BrO3S. The average Bonchev–Trinajstić information content (AvgIpc) is 2.52. The average molecular weight is 251 g/mol. The van der Waals surface area contributed by atoms with Crippen molar-refractivity contribution in [1.29, 1.82) is 0 Å². The first-order chi connectivity index (χ1) is 5.76. The topological polar surface area (TPSA) is 35.5 Å². The Bertz CT molecular complexity index is 271. The zero-order chi connectivity index (χ0) is 8.97. The van der Waals surface area contributed by atoms with E-state index in [1.54, 1.807) is 6.07 Å². The molecule has 0 fully saturated rings. The number of ether oxygens (including phenoxy) is 2. The second kappa shape index (κ2) is 4.47. The summed E-state index contributed by atoms with van der Waals surface area (Å²) in [5.74, 6) is 0. The van der Waals surface area contributed by atoms with Gasteiger partial charge in [0.15, 0.2) is 5.06 Å². The van der Waals surface area contributed by atoms with E-state index in [9.17, 15) is 4.79 Å². The molecule has 0 unspecified atom stereocenters. The quantitative estimate of drug-likeness (QED) is 0.598. The molecule has 0 N–H and O–H groups in total. The zero-order valence-corrected chi connectivity index (χ0v) is 8.78. The van der Waals surface area contributed by atoms with Gasteiger partial charge in [-0.25, -0.2) is 4.79 Å². The number of alkyl halides is 1. The number of hydrogen-bond acceptors (Lipinski definition) is 4. The van der Waals surface area contributed by atoms with Crippen molar-refractivity contribution in [1.82, 2.24) is 0 Å². The van der Waals surface area contributed by atoms with Crippen LogP contribution in [0.15, 0.2) is 12.1 Å². The van der Waals surface area contributed by atoms with Gasteiger partial charge in [-0.1, -0.05) is 15.9 Å². The van der Waals surface area contributed by atoms with Gasteiger partial charge in [0.05, 0.1) is 7.11 Å².